The van der Waals surface area contributed by atoms with Gasteiger partial charge in [-0.05, 0) is 62.2 Å². The van der Waals surface area contributed by atoms with Crippen LogP contribution < -0.4 is 5.73 Å². The van der Waals surface area contributed by atoms with E-state index in [-0.39, 0.29) is 0 Å². The van der Waals surface area contributed by atoms with E-state index >= 15 is 0 Å². The molecule has 0 radical (unpaired) electrons. The molecule has 3 aliphatic rings. The summed E-state index contributed by atoms with van der Waals surface area (Å²) < 4.78 is 0. The number of hydrogen-bond acceptors (Lipinski definition) is 2. The molecule has 0 saturated heterocycles. The van der Waals surface area contributed by atoms with Gasteiger partial charge in [-0.1, -0.05) is 13.8 Å². The molecular weight excluding hydrogens is 220 g/mol. The summed E-state index contributed by atoms with van der Waals surface area (Å²) in [6, 6.07) is 1.09. The number of rotatable bonds is 5. The molecule has 0 aromatic heterocycles. The van der Waals surface area contributed by atoms with Gasteiger partial charge >= 0.3 is 0 Å². The number of nitrogens with zero attached hydrogens (tertiary/aromatic N) is 1. The molecule has 3 aliphatic carbocycles. The lowest BCUT2D eigenvalue weighted by atomic mass is 9.72. The second-order valence-electron chi connectivity index (χ2n) is 7.98. The molecule has 2 atom stereocenters. The minimum Gasteiger partial charge on any atom is -0.326 e. The van der Waals surface area contributed by atoms with Gasteiger partial charge in [0.1, 0.15) is 0 Å². The Morgan fingerprint density at radius 3 is 2.06 bits per heavy atom. The third-order valence-electron chi connectivity index (χ3n) is 5.26. The van der Waals surface area contributed by atoms with Crippen molar-refractivity contribution in [3.05, 3.63) is 0 Å². The molecule has 0 aromatic carbocycles. The van der Waals surface area contributed by atoms with E-state index < -0.39 is 0 Å². The fourth-order valence-electron chi connectivity index (χ4n) is 3.58. The van der Waals surface area contributed by atoms with Gasteiger partial charge in [0.2, 0.25) is 0 Å². The molecule has 0 aliphatic heterocycles. The molecule has 0 spiro atoms. The lowest BCUT2D eigenvalue weighted by Crippen LogP contribution is -2.54. The molecule has 2 nitrogen and oxygen atoms in total. The summed E-state index contributed by atoms with van der Waals surface area (Å²) in [4.78, 5) is 2.79. The first-order valence-electron chi connectivity index (χ1n) is 8.03. The maximum absolute atomic E-state index is 6.45. The fourth-order valence-corrected chi connectivity index (χ4v) is 3.58. The van der Waals surface area contributed by atoms with Crippen LogP contribution in [0.15, 0.2) is 0 Å². The molecule has 0 heterocycles. The molecule has 0 bridgehead atoms. The predicted molar refractivity (Wildman–Crippen MR) is 76.4 cm³/mol. The van der Waals surface area contributed by atoms with E-state index in [9.17, 15) is 0 Å². The highest BCUT2D eigenvalue weighted by Gasteiger charge is 2.39. The first kappa shape index (κ1) is 12.9. The molecule has 0 aromatic rings. The van der Waals surface area contributed by atoms with Crippen molar-refractivity contribution in [1.82, 2.24) is 4.90 Å². The van der Waals surface area contributed by atoms with Crippen LogP contribution in [0.25, 0.3) is 0 Å². The van der Waals surface area contributed by atoms with Gasteiger partial charge in [0, 0.05) is 25.2 Å². The van der Waals surface area contributed by atoms with Gasteiger partial charge in [-0.3, -0.25) is 4.90 Å². The topological polar surface area (TPSA) is 29.3 Å². The molecule has 2 heteroatoms. The molecule has 2 N–H and O–H groups in total. The minimum atomic E-state index is 0.426. The van der Waals surface area contributed by atoms with Crippen LogP contribution in [-0.4, -0.2) is 30.1 Å². The second kappa shape index (κ2) is 4.79. The Bertz CT molecular complexity index is 277. The summed E-state index contributed by atoms with van der Waals surface area (Å²) in [5, 5.41) is 0. The molecule has 3 rings (SSSR count). The lowest BCUT2D eigenvalue weighted by Gasteiger charge is -2.45. The first-order valence-corrected chi connectivity index (χ1v) is 8.03. The van der Waals surface area contributed by atoms with E-state index in [4.69, 9.17) is 5.73 Å². The highest BCUT2D eigenvalue weighted by Crippen LogP contribution is 2.40. The zero-order valence-electron chi connectivity index (χ0n) is 12.2. The maximum Gasteiger partial charge on any atom is 0.0252 e. The van der Waals surface area contributed by atoms with Crippen molar-refractivity contribution in [3.63, 3.8) is 0 Å². The molecule has 3 fully saturated rings. The monoisotopic (exact) mass is 250 g/mol. The van der Waals surface area contributed by atoms with Crippen LogP contribution in [0.2, 0.25) is 0 Å². The Balaban J connectivity index is 1.65. The van der Waals surface area contributed by atoms with Gasteiger partial charge < -0.3 is 5.73 Å². The quantitative estimate of drug-likeness (QED) is 0.812. The van der Waals surface area contributed by atoms with E-state index in [1.54, 1.807) is 0 Å². The van der Waals surface area contributed by atoms with Crippen LogP contribution in [0, 0.1) is 17.3 Å². The first-order chi connectivity index (χ1) is 8.53. The van der Waals surface area contributed by atoms with Crippen LogP contribution in [0.3, 0.4) is 0 Å². The Morgan fingerprint density at radius 2 is 1.56 bits per heavy atom. The van der Waals surface area contributed by atoms with Crippen LogP contribution >= 0.6 is 0 Å². The predicted octanol–water partition coefficient (Wildman–Crippen LogP) is 3.01. The maximum atomic E-state index is 6.45. The third-order valence-corrected chi connectivity index (χ3v) is 5.26. The smallest absolute Gasteiger partial charge is 0.0252 e. The molecule has 18 heavy (non-hydrogen) atoms. The average Bonchev–Trinajstić information content (AvgIpc) is 3.15. The zero-order chi connectivity index (χ0) is 12.8. The van der Waals surface area contributed by atoms with Gasteiger partial charge in [-0.25, -0.2) is 0 Å². The highest BCUT2D eigenvalue weighted by molar-refractivity contribution is 4.95. The van der Waals surface area contributed by atoms with Gasteiger partial charge in [0.05, 0.1) is 0 Å². The Morgan fingerprint density at radius 1 is 1.00 bits per heavy atom. The van der Waals surface area contributed by atoms with Gasteiger partial charge in [-0.15, -0.1) is 0 Å². The molecule has 0 amide bonds. The van der Waals surface area contributed by atoms with Crippen LogP contribution in [-0.2, 0) is 0 Å². The average molecular weight is 250 g/mol. The second-order valence-corrected chi connectivity index (χ2v) is 7.98. The van der Waals surface area contributed by atoms with E-state index in [1.807, 2.05) is 0 Å². The summed E-state index contributed by atoms with van der Waals surface area (Å²) in [6.07, 6.45) is 9.71. The molecule has 3 saturated carbocycles. The van der Waals surface area contributed by atoms with Crippen molar-refractivity contribution in [2.75, 3.05) is 13.1 Å². The highest BCUT2D eigenvalue weighted by atomic mass is 15.2. The van der Waals surface area contributed by atoms with Gasteiger partial charge in [0.25, 0.3) is 0 Å². The molecular formula is C16H30N2. The summed E-state index contributed by atoms with van der Waals surface area (Å²) in [5.74, 6) is 2.00. The molecule has 2 unspecified atom stereocenters. The Hall–Kier alpha value is -0.0800. The van der Waals surface area contributed by atoms with Crippen molar-refractivity contribution < 1.29 is 0 Å². The van der Waals surface area contributed by atoms with E-state index in [0.717, 1.165) is 11.8 Å². The van der Waals surface area contributed by atoms with Crippen molar-refractivity contribution in [2.45, 2.75) is 70.9 Å². The summed E-state index contributed by atoms with van der Waals surface area (Å²) in [7, 11) is 0. The van der Waals surface area contributed by atoms with Gasteiger partial charge in [-0.2, -0.15) is 0 Å². The minimum absolute atomic E-state index is 0.426. The SMILES string of the molecule is CC1(C)CCC(N)C(N(CC2CC2)CC2CC2)C1. The number of nitrogens with two attached hydrogens (primary N) is 1. The summed E-state index contributed by atoms with van der Waals surface area (Å²) >= 11 is 0. The largest absolute Gasteiger partial charge is 0.326 e. The summed E-state index contributed by atoms with van der Waals surface area (Å²) in [5.41, 5.74) is 6.96. The fraction of sp³-hybridized carbons (Fsp3) is 1.00. The van der Waals surface area contributed by atoms with Crippen molar-refractivity contribution in [2.24, 2.45) is 23.0 Å². The normalized spacial score (nSPS) is 36.0. The third kappa shape index (κ3) is 3.27. The van der Waals surface area contributed by atoms with E-state index in [0.29, 0.717) is 17.5 Å². The van der Waals surface area contributed by atoms with Crippen molar-refractivity contribution in [3.8, 4) is 0 Å². The zero-order valence-corrected chi connectivity index (χ0v) is 12.2. The van der Waals surface area contributed by atoms with Crippen molar-refractivity contribution in [1.29, 1.82) is 0 Å². The van der Waals surface area contributed by atoms with Crippen LogP contribution in [0.4, 0.5) is 0 Å². The summed E-state index contributed by atoms with van der Waals surface area (Å²) in [6.45, 7) is 7.53. The Labute approximate surface area is 112 Å². The van der Waals surface area contributed by atoms with Crippen LogP contribution in [0.1, 0.15) is 58.8 Å². The van der Waals surface area contributed by atoms with Gasteiger partial charge in [0.15, 0.2) is 0 Å². The van der Waals surface area contributed by atoms with Crippen molar-refractivity contribution >= 4 is 0 Å². The number of hydrogen-bond donors (Lipinski definition) is 1. The lowest BCUT2D eigenvalue weighted by molar-refractivity contribution is 0.0706. The van der Waals surface area contributed by atoms with E-state index in [1.165, 1.54) is 58.0 Å². The molecule has 104 valence electrons. The standard InChI is InChI=1S/C16H30N2/c1-16(2)8-7-14(17)15(9-16)18(10-12-3-4-12)11-13-5-6-13/h12-15H,3-11,17H2,1-2H3. The van der Waals surface area contributed by atoms with Crippen LogP contribution in [0.5, 0.6) is 0 Å². The van der Waals surface area contributed by atoms with E-state index in [2.05, 4.69) is 18.7 Å². The Kier molecular flexibility index (Phi) is 3.44.